The highest BCUT2D eigenvalue weighted by atomic mass is 16.6. The van der Waals surface area contributed by atoms with Gasteiger partial charge in [0.05, 0.1) is 12.0 Å². The van der Waals surface area contributed by atoms with Crippen LogP contribution in [0.5, 0.6) is 0 Å². The SMILES string of the molecule is COC(=O)C(Cc1ccccc1)NC(=O)/C=C/c1cccc([N+](=O)[O-])c1. The van der Waals surface area contributed by atoms with Gasteiger partial charge >= 0.3 is 5.97 Å². The van der Waals surface area contributed by atoms with Gasteiger partial charge in [-0.3, -0.25) is 14.9 Å². The summed E-state index contributed by atoms with van der Waals surface area (Å²) in [4.78, 5) is 34.3. The molecule has 2 rings (SSSR count). The number of nitro benzene ring substituents is 1. The number of methoxy groups -OCH3 is 1. The van der Waals surface area contributed by atoms with Crippen LogP contribution in [0.25, 0.3) is 6.08 Å². The molecule has 7 nitrogen and oxygen atoms in total. The molecular weight excluding hydrogens is 336 g/mol. The lowest BCUT2D eigenvalue weighted by atomic mass is 10.1. The van der Waals surface area contributed by atoms with Crippen LogP contribution in [-0.4, -0.2) is 30.0 Å². The van der Waals surface area contributed by atoms with Crippen molar-refractivity contribution >= 4 is 23.6 Å². The first-order valence-electron chi connectivity index (χ1n) is 7.84. The maximum absolute atomic E-state index is 12.1. The molecule has 7 heteroatoms. The van der Waals surface area contributed by atoms with E-state index >= 15 is 0 Å². The number of nitrogens with one attached hydrogen (secondary N) is 1. The van der Waals surface area contributed by atoms with Crippen molar-refractivity contribution in [2.75, 3.05) is 7.11 Å². The van der Waals surface area contributed by atoms with Gasteiger partial charge in [0, 0.05) is 24.6 Å². The summed E-state index contributed by atoms with van der Waals surface area (Å²) < 4.78 is 4.74. The molecule has 1 amide bonds. The lowest BCUT2D eigenvalue weighted by Crippen LogP contribution is -2.42. The fourth-order valence-corrected chi connectivity index (χ4v) is 2.32. The van der Waals surface area contributed by atoms with E-state index in [2.05, 4.69) is 5.32 Å². The van der Waals surface area contributed by atoms with Crippen LogP contribution in [0.4, 0.5) is 5.69 Å². The van der Waals surface area contributed by atoms with Gasteiger partial charge < -0.3 is 10.1 Å². The first kappa shape index (κ1) is 18.9. The lowest BCUT2D eigenvalue weighted by molar-refractivity contribution is -0.384. The Balaban J connectivity index is 2.05. The Morgan fingerprint density at radius 2 is 1.92 bits per heavy atom. The molecule has 0 aliphatic carbocycles. The third-order valence-corrected chi connectivity index (χ3v) is 3.59. The molecule has 0 fully saturated rings. The normalized spacial score (nSPS) is 11.7. The molecule has 26 heavy (non-hydrogen) atoms. The fraction of sp³-hybridized carbons (Fsp3) is 0.158. The van der Waals surface area contributed by atoms with Crippen molar-refractivity contribution in [1.82, 2.24) is 5.32 Å². The topological polar surface area (TPSA) is 98.5 Å². The van der Waals surface area contributed by atoms with Crippen molar-refractivity contribution < 1.29 is 19.2 Å². The van der Waals surface area contributed by atoms with E-state index in [-0.39, 0.29) is 5.69 Å². The summed E-state index contributed by atoms with van der Waals surface area (Å²) in [6.45, 7) is 0. The molecule has 2 aromatic rings. The lowest BCUT2D eigenvalue weighted by Gasteiger charge is -2.15. The van der Waals surface area contributed by atoms with Gasteiger partial charge in [-0.2, -0.15) is 0 Å². The zero-order valence-electron chi connectivity index (χ0n) is 14.1. The molecule has 0 spiro atoms. The van der Waals surface area contributed by atoms with E-state index in [1.165, 1.54) is 37.5 Å². The largest absolute Gasteiger partial charge is 0.467 e. The van der Waals surface area contributed by atoms with Crippen molar-refractivity contribution in [2.24, 2.45) is 0 Å². The van der Waals surface area contributed by atoms with Crippen LogP contribution in [0.3, 0.4) is 0 Å². The first-order chi connectivity index (χ1) is 12.5. The molecule has 0 aromatic heterocycles. The van der Waals surface area contributed by atoms with Gasteiger partial charge in [-0.1, -0.05) is 42.5 Å². The Kier molecular flexibility index (Phi) is 6.61. The summed E-state index contributed by atoms with van der Waals surface area (Å²) in [7, 11) is 1.26. The van der Waals surface area contributed by atoms with E-state index in [0.29, 0.717) is 12.0 Å². The zero-order valence-corrected chi connectivity index (χ0v) is 14.1. The number of nitro groups is 1. The molecule has 0 bridgehead atoms. The molecular formula is C19H18N2O5. The van der Waals surface area contributed by atoms with Crippen LogP contribution in [-0.2, 0) is 20.7 Å². The van der Waals surface area contributed by atoms with Crippen LogP contribution in [0.2, 0.25) is 0 Å². The molecule has 0 aliphatic heterocycles. The molecule has 0 aliphatic rings. The number of carbonyl (C=O) groups is 2. The molecule has 1 N–H and O–H groups in total. The second-order valence-electron chi connectivity index (χ2n) is 5.46. The number of benzene rings is 2. The van der Waals surface area contributed by atoms with Crippen molar-refractivity contribution in [3.8, 4) is 0 Å². The maximum Gasteiger partial charge on any atom is 0.328 e. The molecule has 2 aromatic carbocycles. The second-order valence-corrected chi connectivity index (χ2v) is 5.46. The van der Waals surface area contributed by atoms with Crippen molar-refractivity contribution in [1.29, 1.82) is 0 Å². The standard InChI is InChI=1S/C19H18N2O5/c1-26-19(23)17(13-14-6-3-2-4-7-14)20-18(22)11-10-15-8-5-9-16(12-15)21(24)25/h2-12,17H,13H2,1H3,(H,20,22)/b11-10+. The number of non-ortho nitro benzene ring substituents is 1. The van der Waals surface area contributed by atoms with Crippen molar-refractivity contribution in [3.63, 3.8) is 0 Å². The Bertz CT molecular complexity index is 818. The highest BCUT2D eigenvalue weighted by Crippen LogP contribution is 2.14. The summed E-state index contributed by atoms with van der Waals surface area (Å²) in [5, 5.41) is 13.4. The quantitative estimate of drug-likeness (QED) is 0.356. The smallest absolute Gasteiger partial charge is 0.328 e. The number of hydrogen-bond acceptors (Lipinski definition) is 5. The third kappa shape index (κ3) is 5.55. The molecule has 0 radical (unpaired) electrons. The van der Waals surface area contributed by atoms with Gasteiger partial charge in [-0.25, -0.2) is 4.79 Å². The van der Waals surface area contributed by atoms with Gasteiger partial charge in [0.1, 0.15) is 6.04 Å². The van der Waals surface area contributed by atoms with Gasteiger partial charge in [0.25, 0.3) is 5.69 Å². The van der Waals surface area contributed by atoms with Crippen molar-refractivity contribution in [3.05, 3.63) is 81.9 Å². The van der Waals surface area contributed by atoms with Crippen LogP contribution in [0, 0.1) is 10.1 Å². The van der Waals surface area contributed by atoms with Crippen molar-refractivity contribution in [2.45, 2.75) is 12.5 Å². The zero-order chi connectivity index (χ0) is 18.9. The van der Waals surface area contributed by atoms with E-state index < -0.39 is 22.8 Å². The summed E-state index contributed by atoms with van der Waals surface area (Å²) >= 11 is 0. The molecule has 134 valence electrons. The number of nitrogens with zero attached hydrogens (tertiary/aromatic N) is 1. The summed E-state index contributed by atoms with van der Waals surface area (Å²) in [5.41, 5.74) is 1.32. The van der Waals surface area contributed by atoms with E-state index in [4.69, 9.17) is 4.74 Å². The third-order valence-electron chi connectivity index (χ3n) is 3.59. The molecule has 0 saturated heterocycles. The minimum Gasteiger partial charge on any atom is -0.467 e. The summed E-state index contributed by atoms with van der Waals surface area (Å²) in [6.07, 6.45) is 2.96. The average molecular weight is 354 g/mol. The van der Waals surface area contributed by atoms with Gasteiger partial charge in [-0.15, -0.1) is 0 Å². The second kappa shape index (κ2) is 9.12. The number of carbonyl (C=O) groups excluding carboxylic acids is 2. The highest BCUT2D eigenvalue weighted by Gasteiger charge is 2.21. The predicted octanol–water partition coefficient (Wildman–Crippen LogP) is 2.51. The predicted molar refractivity (Wildman–Crippen MR) is 96.2 cm³/mol. The molecule has 1 unspecified atom stereocenters. The number of amides is 1. The minimum atomic E-state index is -0.829. The first-order valence-corrected chi connectivity index (χ1v) is 7.84. The summed E-state index contributed by atoms with van der Waals surface area (Å²) in [6, 6.07) is 14.3. The molecule has 0 saturated carbocycles. The average Bonchev–Trinajstić information content (AvgIpc) is 2.66. The summed E-state index contributed by atoms with van der Waals surface area (Å²) in [5.74, 6) is -1.05. The number of rotatable bonds is 7. The number of esters is 1. The van der Waals surface area contributed by atoms with Crippen LogP contribution >= 0.6 is 0 Å². The number of ether oxygens (including phenoxy) is 1. The van der Waals surface area contributed by atoms with E-state index in [1.54, 1.807) is 6.07 Å². The van der Waals surface area contributed by atoms with Gasteiger partial charge in [0.2, 0.25) is 5.91 Å². The molecule has 1 atom stereocenters. The highest BCUT2D eigenvalue weighted by molar-refractivity contribution is 5.94. The monoisotopic (exact) mass is 354 g/mol. The molecule has 0 heterocycles. The fourth-order valence-electron chi connectivity index (χ4n) is 2.32. The van der Waals surface area contributed by atoms with Crippen LogP contribution in [0.1, 0.15) is 11.1 Å². The van der Waals surface area contributed by atoms with Gasteiger partial charge in [0.15, 0.2) is 0 Å². The Hall–Kier alpha value is -3.48. The van der Waals surface area contributed by atoms with Gasteiger partial charge in [-0.05, 0) is 17.2 Å². The minimum absolute atomic E-state index is 0.0657. The maximum atomic E-state index is 12.1. The van der Waals surface area contributed by atoms with E-state index in [1.807, 2.05) is 30.3 Å². The van der Waals surface area contributed by atoms with E-state index in [0.717, 1.165) is 5.56 Å². The number of hydrogen-bond donors (Lipinski definition) is 1. The van der Waals surface area contributed by atoms with Crippen LogP contribution < -0.4 is 5.32 Å². The van der Waals surface area contributed by atoms with E-state index in [9.17, 15) is 19.7 Å². The Morgan fingerprint density at radius 3 is 2.58 bits per heavy atom. The van der Waals surface area contributed by atoms with Crippen LogP contribution in [0.15, 0.2) is 60.7 Å². The Labute approximate surface area is 150 Å². The Morgan fingerprint density at radius 1 is 1.19 bits per heavy atom.